The Morgan fingerprint density at radius 1 is 1.19 bits per heavy atom. The minimum atomic E-state index is -4.61. The van der Waals surface area contributed by atoms with Crippen molar-refractivity contribution >= 4 is 29.1 Å². The summed E-state index contributed by atoms with van der Waals surface area (Å²) in [5.41, 5.74) is 1.84. The first-order valence-electron chi connectivity index (χ1n) is 13.8. The summed E-state index contributed by atoms with van der Waals surface area (Å²) < 4.78 is 45.2. The highest BCUT2D eigenvalue weighted by Crippen LogP contribution is 2.38. The van der Waals surface area contributed by atoms with E-state index in [0.29, 0.717) is 17.1 Å². The van der Waals surface area contributed by atoms with Gasteiger partial charge in [-0.05, 0) is 49.8 Å². The van der Waals surface area contributed by atoms with Crippen LogP contribution in [0.2, 0.25) is 0 Å². The zero-order valence-corrected chi connectivity index (χ0v) is 24.4. The fourth-order valence-corrected chi connectivity index (χ4v) is 6.90. The van der Waals surface area contributed by atoms with Gasteiger partial charge in [-0.25, -0.2) is 4.98 Å². The van der Waals surface area contributed by atoms with Crippen LogP contribution in [-0.4, -0.2) is 69.6 Å². The lowest BCUT2D eigenvalue weighted by Gasteiger charge is -2.36. The van der Waals surface area contributed by atoms with Gasteiger partial charge in [-0.2, -0.15) is 18.3 Å². The van der Waals surface area contributed by atoms with Gasteiger partial charge in [-0.15, -0.1) is 11.3 Å². The number of hydrogen-bond acceptors (Lipinski definition) is 7. The summed E-state index contributed by atoms with van der Waals surface area (Å²) in [6.07, 6.45) is -1.39. The van der Waals surface area contributed by atoms with E-state index in [1.807, 2.05) is 12.1 Å². The highest BCUT2D eigenvalue weighted by atomic mass is 32.1. The van der Waals surface area contributed by atoms with Gasteiger partial charge in [0.05, 0.1) is 24.1 Å². The number of carbonyl (C=O) groups is 3. The lowest BCUT2D eigenvalue weighted by atomic mass is 9.85. The minimum Gasteiger partial charge on any atom is -0.469 e. The first-order chi connectivity index (χ1) is 20.0. The molecule has 9 nitrogen and oxygen atoms in total. The minimum absolute atomic E-state index is 0.0181. The van der Waals surface area contributed by atoms with E-state index in [-0.39, 0.29) is 43.2 Å². The Bertz CT molecular complexity index is 1490. The predicted molar refractivity (Wildman–Crippen MR) is 148 cm³/mol. The second-order valence-electron chi connectivity index (χ2n) is 10.8. The number of amides is 2. The third-order valence-corrected chi connectivity index (χ3v) is 9.19. The van der Waals surface area contributed by atoms with Crippen LogP contribution in [0, 0.1) is 12.8 Å². The molecule has 13 heteroatoms. The number of nitrogens with zero attached hydrogens (tertiary/aromatic N) is 5. The number of thiazole rings is 1. The topological polar surface area (TPSA) is 97.6 Å². The van der Waals surface area contributed by atoms with Crippen LogP contribution in [-0.2, 0) is 33.5 Å². The number of aryl methyl sites for hydroxylation is 2. The zero-order valence-electron chi connectivity index (χ0n) is 23.6. The number of halogens is 3. The Morgan fingerprint density at radius 2 is 1.95 bits per heavy atom. The number of benzene rings is 1. The molecule has 0 radical (unpaired) electrons. The molecular weight excluding hydrogens is 571 g/mol. The monoisotopic (exact) mass is 603 g/mol. The van der Waals surface area contributed by atoms with Crippen molar-refractivity contribution in [1.29, 1.82) is 0 Å². The highest BCUT2D eigenvalue weighted by molar-refractivity contribution is 7.10. The van der Waals surface area contributed by atoms with Crippen LogP contribution >= 0.6 is 11.3 Å². The van der Waals surface area contributed by atoms with Crippen molar-refractivity contribution in [3.8, 4) is 0 Å². The lowest BCUT2D eigenvalue weighted by molar-refractivity contribution is -0.150. The molecule has 1 saturated heterocycles. The van der Waals surface area contributed by atoms with Gasteiger partial charge >= 0.3 is 12.1 Å². The van der Waals surface area contributed by atoms with Gasteiger partial charge in [-0.3, -0.25) is 19.1 Å². The second kappa shape index (κ2) is 11.9. The average molecular weight is 604 g/mol. The molecule has 0 saturated carbocycles. The van der Waals surface area contributed by atoms with E-state index >= 15 is 0 Å². The standard InChI is InChI=1S/C29H32F3N5O4S/c1-17-13-24(29(30,31)32)34-37(17)15-25(38)36-12-11-20(21(14-36)28(40)41-3)26-33-22(16-42-26)27(39)35(2)23-10-6-8-18-7-4-5-9-19(18)23/h4-5,7,9,13,16,20-21,23H,6,8,10-12,14-15H2,1-3H3. The first-order valence-corrected chi connectivity index (χ1v) is 14.6. The number of esters is 1. The third-order valence-electron chi connectivity index (χ3n) is 8.21. The van der Waals surface area contributed by atoms with Crippen molar-refractivity contribution in [3.63, 3.8) is 0 Å². The number of likely N-dealkylation sites (tertiary alicyclic amines) is 1. The van der Waals surface area contributed by atoms with E-state index in [9.17, 15) is 27.6 Å². The Hall–Kier alpha value is -3.74. The van der Waals surface area contributed by atoms with Crippen LogP contribution in [0.3, 0.4) is 0 Å². The van der Waals surface area contributed by atoms with E-state index in [1.165, 1.54) is 35.8 Å². The summed E-state index contributed by atoms with van der Waals surface area (Å²) >= 11 is 1.29. The Balaban J connectivity index is 1.29. The second-order valence-corrected chi connectivity index (χ2v) is 11.7. The molecule has 0 N–H and O–H groups in total. The van der Waals surface area contributed by atoms with Crippen LogP contribution in [0.4, 0.5) is 13.2 Å². The molecular formula is C29H32F3N5O4S. The number of aromatic nitrogens is 3. The van der Waals surface area contributed by atoms with Crippen molar-refractivity contribution in [2.75, 3.05) is 27.2 Å². The number of hydrogen-bond donors (Lipinski definition) is 0. The van der Waals surface area contributed by atoms with E-state index in [1.54, 1.807) is 17.3 Å². The molecule has 2 aliphatic rings. The van der Waals surface area contributed by atoms with Crippen LogP contribution in [0.5, 0.6) is 0 Å². The van der Waals surface area contributed by atoms with E-state index in [0.717, 1.165) is 35.6 Å². The molecule has 1 aromatic carbocycles. The smallest absolute Gasteiger partial charge is 0.435 e. The molecule has 1 aliphatic heterocycles. The number of methoxy groups -OCH3 is 1. The van der Waals surface area contributed by atoms with Crippen LogP contribution in [0.25, 0.3) is 0 Å². The molecule has 2 aromatic heterocycles. The van der Waals surface area contributed by atoms with Gasteiger partial charge < -0.3 is 14.5 Å². The van der Waals surface area contributed by atoms with Gasteiger partial charge in [-0.1, -0.05) is 24.3 Å². The Morgan fingerprint density at radius 3 is 2.67 bits per heavy atom. The quantitative estimate of drug-likeness (QED) is 0.382. The Labute approximate surface area is 245 Å². The van der Waals surface area contributed by atoms with Crippen molar-refractivity contribution in [2.24, 2.45) is 5.92 Å². The van der Waals surface area contributed by atoms with E-state index < -0.39 is 29.7 Å². The predicted octanol–water partition coefficient (Wildman–Crippen LogP) is 4.62. The summed E-state index contributed by atoms with van der Waals surface area (Å²) in [5, 5.41) is 5.85. The zero-order chi connectivity index (χ0) is 30.2. The van der Waals surface area contributed by atoms with Crippen LogP contribution in [0.1, 0.15) is 69.2 Å². The maximum absolute atomic E-state index is 13.5. The molecule has 5 rings (SSSR count). The molecule has 3 atom stereocenters. The maximum Gasteiger partial charge on any atom is 0.435 e. The number of carbonyl (C=O) groups excluding carboxylic acids is 3. The SMILES string of the molecule is COC(=O)C1CN(C(=O)Cn2nc(C(F)(F)F)cc2C)CCC1c1nc(C(=O)N(C)C2CCCc3ccccc32)cs1. The van der Waals surface area contributed by atoms with Crippen molar-refractivity contribution in [3.05, 3.63) is 68.9 Å². The highest BCUT2D eigenvalue weighted by Gasteiger charge is 2.40. The van der Waals surface area contributed by atoms with Crippen LogP contribution in [0.15, 0.2) is 35.7 Å². The van der Waals surface area contributed by atoms with Gasteiger partial charge in [0.2, 0.25) is 5.91 Å². The van der Waals surface area contributed by atoms with Crippen molar-refractivity contribution < 1.29 is 32.3 Å². The van der Waals surface area contributed by atoms with E-state index in [2.05, 4.69) is 22.2 Å². The summed E-state index contributed by atoms with van der Waals surface area (Å²) in [7, 11) is 3.05. The summed E-state index contributed by atoms with van der Waals surface area (Å²) in [4.78, 5) is 47.2. The molecule has 224 valence electrons. The summed E-state index contributed by atoms with van der Waals surface area (Å²) in [6, 6.07) is 9.00. The van der Waals surface area contributed by atoms with Gasteiger partial charge in [0.15, 0.2) is 5.69 Å². The lowest BCUT2D eigenvalue weighted by Crippen LogP contribution is -2.47. The van der Waals surface area contributed by atoms with Crippen molar-refractivity contribution in [2.45, 2.75) is 57.3 Å². The number of piperidine rings is 1. The molecule has 3 unspecified atom stereocenters. The van der Waals surface area contributed by atoms with Crippen LogP contribution < -0.4 is 0 Å². The molecule has 0 spiro atoms. The fraction of sp³-hybridized carbons (Fsp3) is 0.483. The van der Waals surface area contributed by atoms with Gasteiger partial charge in [0.25, 0.3) is 5.91 Å². The third kappa shape index (κ3) is 5.92. The molecule has 2 amide bonds. The average Bonchev–Trinajstić information content (AvgIpc) is 3.62. The number of ether oxygens (including phenoxy) is 1. The normalized spacial score (nSPS) is 20.6. The number of rotatable bonds is 6. The largest absolute Gasteiger partial charge is 0.469 e. The maximum atomic E-state index is 13.5. The summed E-state index contributed by atoms with van der Waals surface area (Å²) in [5.74, 6) is -2.29. The molecule has 3 aromatic rings. The number of alkyl halides is 3. The van der Waals surface area contributed by atoms with Gasteiger partial charge in [0.1, 0.15) is 12.2 Å². The van der Waals surface area contributed by atoms with E-state index in [4.69, 9.17) is 4.74 Å². The Kier molecular flexibility index (Phi) is 8.40. The first kappa shape index (κ1) is 29.7. The molecule has 3 heterocycles. The van der Waals surface area contributed by atoms with Crippen molar-refractivity contribution in [1.82, 2.24) is 24.6 Å². The molecule has 1 fully saturated rings. The fourth-order valence-electron chi connectivity index (χ4n) is 5.91. The summed E-state index contributed by atoms with van der Waals surface area (Å²) in [6.45, 7) is 1.35. The molecule has 42 heavy (non-hydrogen) atoms. The molecule has 0 bridgehead atoms. The number of fused-ring (bicyclic) bond motifs is 1. The molecule has 1 aliphatic carbocycles. The van der Waals surface area contributed by atoms with Gasteiger partial charge in [0, 0.05) is 37.1 Å².